The van der Waals surface area contributed by atoms with Crippen LogP contribution < -0.4 is 5.73 Å². The summed E-state index contributed by atoms with van der Waals surface area (Å²) >= 11 is 0. The smallest absolute Gasteiger partial charge is 0.335 e. The summed E-state index contributed by atoms with van der Waals surface area (Å²) in [5, 5.41) is 32.5. The molecule has 0 aliphatic rings. The van der Waals surface area contributed by atoms with Crippen LogP contribution in [0.1, 0.15) is 24.1 Å². The molecule has 0 spiro atoms. The molecular weight excluding hydrogens is 266 g/mol. The maximum atomic E-state index is 9.77. The molecule has 0 aliphatic carbocycles. The van der Waals surface area contributed by atoms with Gasteiger partial charge in [0.2, 0.25) is 0 Å². The maximum Gasteiger partial charge on any atom is 0.335 e. The van der Waals surface area contributed by atoms with Crippen LogP contribution in [0.2, 0.25) is 0 Å². The molecule has 0 saturated heterocycles. The predicted molar refractivity (Wildman–Crippen MR) is 71.1 cm³/mol. The fourth-order valence-corrected chi connectivity index (χ4v) is 1.37. The number of aliphatic hydroxyl groups is 2. The van der Waals surface area contributed by atoms with Gasteiger partial charge in [-0.25, -0.2) is 9.59 Å². The van der Waals surface area contributed by atoms with Crippen molar-refractivity contribution < 1.29 is 30.0 Å². The van der Waals surface area contributed by atoms with Crippen LogP contribution in [0.5, 0.6) is 0 Å². The lowest BCUT2D eigenvalue weighted by atomic mass is 10.0. The van der Waals surface area contributed by atoms with Crippen molar-refractivity contribution in [1.29, 1.82) is 0 Å². The fourth-order valence-electron chi connectivity index (χ4n) is 1.37. The van der Waals surface area contributed by atoms with Gasteiger partial charge in [-0.1, -0.05) is 24.3 Å². The third-order valence-corrected chi connectivity index (χ3v) is 2.48. The lowest BCUT2D eigenvalue weighted by Gasteiger charge is -2.07. The molecule has 0 aliphatic heterocycles. The molecule has 0 unspecified atom stereocenters. The van der Waals surface area contributed by atoms with Gasteiger partial charge in [-0.05, 0) is 25.0 Å². The van der Waals surface area contributed by atoms with E-state index in [-0.39, 0.29) is 6.04 Å². The first-order valence-electron chi connectivity index (χ1n) is 5.81. The summed E-state index contributed by atoms with van der Waals surface area (Å²) in [5.74, 6) is -3.54. The highest BCUT2D eigenvalue weighted by molar-refractivity contribution is 5.83. The number of benzene rings is 1. The second kappa shape index (κ2) is 8.26. The van der Waals surface area contributed by atoms with Crippen molar-refractivity contribution in [3.63, 3.8) is 0 Å². The molecule has 7 heteroatoms. The summed E-state index contributed by atoms with van der Waals surface area (Å²) in [4.78, 5) is 19.5. The normalized spacial score (nSPS) is 14.4. The van der Waals surface area contributed by atoms with Crippen molar-refractivity contribution in [2.45, 2.75) is 32.1 Å². The Balaban J connectivity index is 0.000000361. The summed E-state index contributed by atoms with van der Waals surface area (Å²) in [7, 11) is 0. The van der Waals surface area contributed by atoms with Crippen LogP contribution in [0.15, 0.2) is 24.3 Å². The third-order valence-electron chi connectivity index (χ3n) is 2.48. The van der Waals surface area contributed by atoms with Crippen molar-refractivity contribution in [1.82, 2.24) is 0 Å². The van der Waals surface area contributed by atoms with Crippen LogP contribution in [-0.4, -0.2) is 44.6 Å². The standard InChI is InChI=1S/C9H13N.C4H6O6/c1-7-5-3-4-6-9(7)8(2)10;5-1(3(7)8)2(6)4(9)10/h3-6,8H,10H2,1-2H3;1-2,5-6H,(H,7,8)(H,9,10)/t8-;1-,2-/m01/s1. The number of aliphatic carboxylic acids is 2. The highest BCUT2D eigenvalue weighted by atomic mass is 16.4. The van der Waals surface area contributed by atoms with Gasteiger partial charge in [0, 0.05) is 6.04 Å². The minimum absolute atomic E-state index is 0.154. The summed E-state index contributed by atoms with van der Waals surface area (Å²) < 4.78 is 0. The van der Waals surface area contributed by atoms with Gasteiger partial charge in [0.25, 0.3) is 0 Å². The van der Waals surface area contributed by atoms with E-state index in [1.807, 2.05) is 19.1 Å². The highest BCUT2D eigenvalue weighted by Crippen LogP contribution is 2.13. The molecule has 6 N–H and O–H groups in total. The third kappa shape index (κ3) is 5.79. The number of hydrogen-bond donors (Lipinski definition) is 5. The zero-order chi connectivity index (χ0) is 15.9. The van der Waals surface area contributed by atoms with E-state index in [0.717, 1.165) is 0 Å². The predicted octanol–water partition coefficient (Wildman–Crippen LogP) is -0.108. The van der Waals surface area contributed by atoms with E-state index in [9.17, 15) is 9.59 Å². The van der Waals surface area contributed by atoms with Crippen molar-refractivity contribution in [2.75, 3.05) is 0 Å². The minimum atomic E-state index is -2.27. The van der Waals surface area contributed by atoms with Crippen LogP contribution in [0, 0.1) is 6.92 Å². The Bertz CT molecular complexity index is 442. The first kappa shape index (κ1) is 18.0. The van der Waals surface area contributed by atoms with Crippen LogP contribution in [0.3, 0.4) is 0 Å². The second-order valence-corrected chi connectivity index (χ2v) is 4.21. The molecule has 0 amide bonds. The molecule has 0 saturated carbocycles. The number of carboxylic acid groups (broad SMARTS) is 2. The van der Waals surface area contributed by atoms with E-state index in [4.69, 9.17) is 26.2 Å². The van der Waals surface area contributed by atoms with Crippen molar-refractivity contribution in [2.24, 2.45) is 5.73 Å². The van der Waals surface area contributed by atoms with Gasteiger partial charge in [-0.3, -0.25) is 0 Å². The molecule has 0 bridgehead atoms. The monoisotopic (exact) mass is 285 g/mol. The maximum absolute atomic E-state index is 9.77. The van der Waals surface area contributed by atoms with Crippen LogP contribution >= 0.6 is 0 Å². The number of nitrogens with two attached hydrogens (primary N) is 1. The van der Waals surface area contributed by atoms with Gasteiger partial charge >= 0.3 is 11.9 Å². The quantitative estimate of drug-likeness (QED) is 0.519. The number of carbonyl (C=O) groups is 2. The molecule has 0 heterocycles. The van der Waals surface area contributed by atoms with Crippen molar-refractivity contribution in [3.8, 4) is 0 Å². The van der Waals surface area contributed by atoms with Crippen molar-refractivity contribution in [3.05, 3.63) is 35.4 Å². The molecule has 0 radical (unpaired) electrons. The first-order valence-corrected chi connectivity index (χ1v) is 5.81. The minimum Gasteiger partial charge on any atom is -0.479 e. The first-order chi connectivity index (χ1) is 9.18. The van der Waals surface area contributed by atoms with Gasteiger partial charge in [0.15, 0.2) is 12.2 Å². The van der Waals surface area contributed by atoms with Gasteiger partial charge in [0.1, 0.15) is 0 Å². The van der Waals surface area contributed by atoms with Gasteiger partial charge in [-0.2, -0.15) is 0 Å². The SMILES string of the molecule is Cc1ccccc1[C@H](C)N.O=C(O)[C@H](O)[C@@H](O)C(=O)O. The highest BCUT2D eigenvalue weighted by Gasteiger charge is 2.29. The molecule has 1 rings (SSSR count). The Hall–Kier alpha value is -1.96. The molecular formula is C13H19NO6. The number of rotatable bonds is 4. The topological polar surface area (TPSA) is 141 Å². The van der Waals surface area contributed by atoms with Crippen LogP contribution in [0.25, 0.3) is 0 Å². The Morgan fingerprint density at radius 2 is 1.45 bits per heavy atom. The summed E-state index contributed by atoms with van der Waals surface area (Å²) in [6.07, 6.45) is -4.53. The van der Waals surface area contributed by atoms with Crippen molar-refractivity contribution >= 4 is 11.9 Å². The van der Waals surface area contributed by atoms with Crippen LogP contribution in [-0.2, 0) is 9.59 Å². The molecule has 1 aromatic rings. The zero-order valence-corrected chi connectivity index (χ0v) is 11.2. The van der Waals surface area contributed by atoms with Crippen LogP contribution in [0.4, 0.5) is 0 Å². The zero-order valence-electron chi connectivity index (χ0n) is 11.2. The Morgan fingerprint density at radius 3 is 1.70 bits per heavy atom. The average Bonchev–Trinajstić information content (AvgIpc) is 2.37. The van der Waals surface area contributed by atoms with E-state index >= 15 is 0 Å². The second-order valence-electron chi connectivity index (χ2n) is 4.21. The molecule has 0 fully saturated rings. The summed E-state index contributed by atoms with van der Waals surface area (Å²) in [6, 6.07) is 8.35. The lowest BCUT2D eigenvalue weighted by molar-refractivity contribution is -0.165. The molecule has 0 aromatic heterocycles. The van der Waals surface area contributed by atoms with E-state index in [0.29, 0.717) is 0 Å². The summed E-state index contributed by atoms with van der Waals surface area (Å²) in [6.45, 7) is 4.08. The molecule has 1 aromatic carbocycles. The lowest BCUT2D eigenvalue weighted by Crippen LogP contribution is -2.39. The van der Waals surface area contributed by atoms with Gasteiger partial charge in [0.05, 0.1) is 0 Å². The van der Waals surface area contributed by atoms with E-state index in [1.165, 1.54) is 11.1 Å². The average molecular weight is 285 g/mol. The Kier molecular flexibility index (Phi) is 7.45. The van der Waals surface area contributed by atoms with E-state index in [2.05, 4.69) is 19.1 Å². The molecule has 20 heavy (non-hydrogen) atoms. The Morgan fingerprint density at radius 1 is 1.05 bits per heavy atom. The van der Waals surface area contributed by atoms with Gasteiger partial charge in [-0.15, -0.1) is 0 Å². The molecule has 112 valence electrons. The van der Waals surface area contributed by atoms with E-state index < -0.39 is 24.1 Å². The van der Waals surface area contributed by atoms with E-state index in [1.54, 1.807) is 0 Å². The fraction of sp³-hybridized carbons (Fsp3) is 0.385. The van der Waals surface area contributed by atoms with Gasteiger partial charge < -0.3 is 26.2 Å². The number of hydrogen-bond acceptors (Lipinski definition) is 5. The summed E-state index contributed by atoms with van der Waals surface area (Å²) in [5.41, 5.74) is 8.23. The number of carboxylic acids is 2. The Labute approximate surface area is 116 Å². The number of aryl methyl sites for hydroxylation is 1. The largest absolute Gasteiger partial charge is 0.479 e. The molecule has 3 atom stereocenters. The molecule has 7 nitrogen and oxygen atoms in total. The number of aliphatic hydroxyl groups excluding tert-OH is 2.